The maximum absolute atomic E-state index is 11.4. The molecule has 4 heteroatoms. The molecule has 1 rings (SSSR count). The standard InChI is InChI=1S/C10H13NO3/c1-3-14-11-10(13)8-6-7(2)4-5-9(8)12/h4-6,12H,3H2,1-2H3,(H,11,13). The summed E-state index contributed by atoms with van der Waals surface area (Å²) in [6.07, 6.45) is 0. The molecule has 0 aliphatic rings. The minimum Gasteiger partial charge on any atom is -0.507 e. The van der Waals surface area contributed by atoms with Crippen molar-refractivity contribution in [1.29, 1.82) is 0 Å². The Balaban J connectivity index is 2.83. The maximum atomic E-state index is 11.4. The van der Waals surface area contributed by atoms with Gasteiger partial charge in [-0.25, -0.2) is 5.48 Å². The molecule has 0 bridgehead atoms. The van der Waals surface area contributed by atoms with E-state index in [4.69, 9.17) is 4.84 Å². The first-order chi connectivity index (χ1) is 6.65. The van der Waals surface area contributed by atoms with Crippen LogP contribution in [-0.2, 0) is 4.84 Å². The Morgan fingerprint density at radius 1 is 1.57 bits per heavy atom. The van der Waals surface area contributed by atoms with Crippen molar-refractivity contribution in [3.8, 4) is 5.75 Å². The fourth-order valence-electron chi connectivity index (χ4n) is 1.02. The summed E-state index contributed by atoms with van der Waals surface area (Å²) in [5, 5.41) is 9.39. The first-order valence-electron chi connectivity index (χ1n) is 4.37. The van der Waals surface area contributed by atoms with Gasteiger partial charge in [-0.1, -0.05) is 11.6 Å². The van der Waals surface area contributed by atoms with E-state index in [1.807, 2.05) is 6.92 Å². The molecule has 1 amide bonds. The van der Waals surface area contributed by atoms with Gasteiger partial charge < -0.3 is 5.11 Å². The second-order valence-corrected chi connectivity index (χ2v) is 2.88. The van der Waals surface area contributed by atoms with Crippen molar-refractivity contribution < 1.29 is 14.7 Å². The van der Waals surface area contributed by atoms with Gasteiger partial charge in [0.1, 0.15) is 5.75 Å². The van der Waals surface area contributed by atoms with Crippen LogP contribution >= 0.6 is 0 Å². The van der Waals surface area contributed by atoms with Crippen molar-refractivity contribution in [3.63, 3.8) is 0 Å². The Morgan fingerprint density at radius 2 is 2.29 bits per heavy atom. The number of carbonyl (C=O) groups is 1. The monoisotopic (exact) mass is 195 g/mol. The number of phenolic OH excluding ortho intramolecular Hbond substituents is 1. The summed E-state index contributed by atoms with van der Waals surface area (Å²) in [7, 11) is 0. The maximum Gasteiger partial charge on any atom is 0.278 e. The molecule has 0 saturated heterocycles. The second kappa shape index (κ2) is 4.62. The molecule has 1 aromatic carbocycles. The van der Waals surface area contributed by atoms with Gasteiger partial charge in [0.05, 0.1) is 12.2 Å². The number of hydrogen-bond donors (Lipinski definition) is 2. The van der Waals surface area contributed by atoms with Crippen molar-refractivity contribution in [2.24, 2.45) is 0 Å². The average Bonchev–Trinajstić information content (AvgIpc) is 2.18. The molecule has 0 radical (unpaired) electrons. The highest BCUT2D eigenvalue weighted by Crippen LogP contribution is 2.17. The molecule has 0 unspecified atom stereocenters. The summed E-state index contributed by atoms with van der Waals surface area (Å²) in [6.45, 7) is 3.99. The molecule has 2 N–H and O–H groups in total. The van der Waals surface area contributed by atoms with Crippen LogP contribution < -0.4 is 5.48 Å². The summed E-state index contributed by atoms with van der Waals surface area (Å²) in [6, 6.07) is 4.81. The van der Waals surface area contributed by atoms with Gasteiger partial charge in [0.15, 0.2) is 0 Å². The Kier molecular flexibility index (Phi) is 3.48. The molecule has 0 saturated carbocycles. The third kappa shape index (κ3) is 2.47. The number of hydroxylamine groups is 1. The van der Waals surface area contributed by atoms with Gasteiger partial charge in [-0.3, -0.25) is 9.63 Å². The Bertz CT molecular complexity index is 336. The van der Waals surface area contributed by atoms with Crippen molar-refractivity contribution >= 4 is 5.91 Å². The molecule has 0 aliphatic carbocycles. The van der Waals surface area contributed by atoms with Gasteiger partial charge in [-0.2, -0.15) is 0 Å². The number of nitrogens with one attached hydrogen (secondary N) is 1. The van der Waals surface area contributed by atoms with Gasteiger partial charge in [0.2, 0.25) is 0 Å². The molecule has 0 aliphatic heterocycles. The van der Waals surface area contributed by atoms with E-state index in [2.05, 4.69) is 5.48 Å². The average molecular weight is 195 g/mol. The largest absolute Gasteiger partial charge is 0.507 e. The van der Waals surface area contributed by atoms with E-state index in [9.17, 15) is 9.90 Å². The van der Waals surface area contributed by atoms with Gasteiger partial charge in [0.25, 0.3) is 5.91 Å². The predicted molar refractivity (Wildman–Crippen MR) is 51.9 cm³/mol. The smallest absolute Gasteiger partial charge is 0.278 e. The Morgan fingerprint density at radius 3 is 2.93 bits per heavy atom. The lowest BCUT2D eigenvalue weighted by molar-refractivity contribution is 0.0362. The molecule has 0 atom stereocenters. The van der Waals surface area contributed by atoms with Gasteiger partial charge >= 0.3 is 0 Å². The van der Waals surface area contributed by atoms with Crippen LogP contribution in [0.25, 0.3) is 0 Å². The zero-order chi connectivity index (χ0) is 10.6. The summed E-state index contributed by atoms with van der Waals surface area (Å²) in [5.41, 5.74) is 3.35. The van der Waals surface area contributed by atoms with E-state index in [1.165, 1.54) is 6.07 Å². The van der Waals surface area contributed by atoms with Crippen LogP contribution in [0.4, 0.5) is 0 Å². The number of rotatable bonds is 3. The summed E-state index contributed by atoms with van der Waals surface area (Å²) < 4.78 is 0. The lowest BCUT2D eigenvalue weighted by Crippen LogP contribution is -2.23. The molecule has 0 spiro atoms. The fraction of sp³-hybridized carbons (Fsp3) is 0.300. The molecule has 4 nitrogen and oxygen atoms in total. The molecular weight excluding hydrogens is 182 g/mol. The zero-order valence-electron chi connectivity index (χ0n) is 8.20. The van der Waals surface area contributed by atoms with Crippen LogP contribution in [0.5, 0.6) is 5.75 Å². The third-order valence-corrected chi connectivity index (χ3v) is 1.71. The van der Waals surface area contributed by atoms with Crippen LogP contribution in [0.2, 0.25) is 0 Å². The van der Waals surface area contributed by atoms with Crippen molar-refractivity contribution in [2.75, 3.05) is 6.61 Å². The SMILES string of the molecule is CCONC(=O)c1cc(C)ccc1O. The van der Waals surface area contributed by atoms with Crippen molar-refractivity contribution in [1.82, 2.24) is 5.48 Å². The minimum atomic E-state index is -0.437. The number of aromatic hydroxyl groups is 1. The summed E-state index contributed by atoms with van der Waals surface area (Å²) in [5.74, 6) is -0.485. The van der Waals surface area contributed by atoms with Crippen molar-refractivity contribution in [3.05, 3.63) is 29.3 Å². The molecule has 0 heterocycles. The quantitative estimate of drug-likeness (QED) is 0.716. The van der Waals surface area contributed by atoms with Crippen molar-refractivity contribution in [2.45, 2.75) is 13.8 Å². The molecule has 0 aromatic heterocycles. The Hall–Kier alpha value is -1.55. The number of aryl methyl sites for hydroxylation is 1. The van der Waals surface area contributed by atoms with E-state index < -0.39 is 5.91 Å². The van der Waals surface area contributed by atoms with Gasteiger partial charge in [-0.15, -0.1) is 0 Å². The highest BCUT2D eigenvalue weighted by molar-refractivity contribution is 5.96. The number of hydrogen-bond acceptors (Lipinski definition) is 3. The molecule has 0 fully saturated rings. The number of benzene rings is 1. The Labute approximate surface area is 82.5 Å². The van der Waals surface area contributed by atoms with E-state index in [1.54, 1.807) is 19.1 Å². The van der Waals surface area contributed by atoms with Gasteiger partial charge in [-0.05, 0) is 26.0 Å². The van der Waals surface area contributed by atoms with Gasteiger partial charge in [0, 0.05) is 0 Å². The third-order valence-electron chi connectivity index (χ3n) is 1.71. The number of amides is 1. The van der Waals surface area contributed by atoms with E-state index in [0.717, 1.165) is 5.56 Å². The lowest BCUT2D eigenvalue weighted by atomic mass is 10.1. The van der Waals surface area contributed by atoms with Crippen LogP contribution in [0.15, 0.2) is 18.2 Å². The van der Waals surface area contributed by atoms with E-state index >= 15 is 0 Å². The number of phenols is 1. The topological polar surface area (TPSA) is 58.6 Å². The highest BCUT2D eigenvalue weighted by atomic mass is 16.6. The highest BCUT2D eigenvalue weighted by Gasteiger charge is 2.10. The first kappa shape index (κ1) is 10.5. The summed E-state index contributed by atoms with van der Waals surface area (Å²) >= 11 is 0. The second-order valence-electron chi connectivity index (χ2n) is 2.88. The normalized spacial score (nSPS) is 9.86. The van der Waals surface area contributed by atoms with Crippen LogP contribution in [0, 0.1) is 6.92 Å². The van der Waals surface area contributed by atoms with Crippen LogP contribution in [-0.4, -0.2) is 17.6 Å². The first-order valence-corrected chi connectivity index (χ1v) is 4.37. The lowest BCUT2D eigenvalue weighted by Gasteiger charge is -2.06. The number of carbonyl (C=O) groups excluding carboxylic acids is 1. The minimum absolute atomic E-state index is 0.0483. The molecule has 1 aromatic rings. The molecule has 14 heavy (non-hydrogen) atoms. The molecule has 76 valence electrons. The summed E-state index contributed by atoms with van der Waals surface area (Å²) in [4.78, 5) is 16.1. The van der Waals surface area contributed by atoms with Crippen LogP contribution in [0.1, 0.15) is 22.8 Å². The molecular formula is C10H13NO3. The fourth-order valence-corrected chi connectivity index (χ4v) is 1.02. The predicted octanol–water partition coefficient (Wildman–Crippen LogP) is 1.38. The zero-order valence-corrected chi connectivity index (χ0v) is 8.20. The van der Waals surface area contributed by atoms with E-state index in [0.29, 0.717) is 6.61 Å². The van der Waals surface area contributed by atoms with Crippen LogP contribution in [0.3, 0.4) is 0 Å². The van der Waals surface area contributed by atoms with E-state index in [-0.39, 0.29) is 11.3 Å².